The van der Waals surface area contributed by atoms with Crippen molar-refractivity contribution in [1.82, 2.24) is 15.2 Å². The zero-order valence-corrected chi connectivity index (χ0v) is 18.1. The number of thiazole rings is 1. The Morgan fingerprint density at radius 2 is 2.04 bits per heavy atom. The van der Waals surface area contributed by atoms with Crippen LogP contribution < -0.4 is 5.32 Å². The summed E-state index contributed by atoms with van der Waals surface area (Å²) in [6.07, 6.45) is 0. The van der Waals surface area contributed by atoms with E-state index in [4.69, 9.17) is 0 Å². The third kappa shape index (κ3) is 3.94. The van der Waals surface area contributed by atoms with Crippen LogP contribution in [0.5, 0.6) is 0 Å². The van der Waals surface area contributed by atoms with Crippen molar-refractivity contribution in [3.05, 3.63) is 51.8 Å². The fourth-order valence-electron chi connectivity index (χ4n) is 2.87. The third-order valence-electron chi connectivity index (χ3n) is 4.14. The van der Waals surface area contributed by atoms with Crippen LogP contribution in [0, 0.1) is 20.8 Å². The molecule has 3 aromatic heterocycles. The van der Waals surface area contributed by atoms with E-state index in [0.717, 1.165) is 37.0 Å². The monoisotopic (exact) mass is 426 g/mol. The van der Waals surface area contributed by atoms with Gasteiger partial charge in [-0.1, -0.05) is 35.5 Å². The van der Waals surface area contributed by atoms with Gasteiger partial charge in [-0.15, -0.1) is 32.9 Å². The maximum atomic E-state index is 12.4. The normalized spacial score (nSPS) is 11.1. The van der Waals surface area contributed by atoms with Crippen LogP contribution in [0.15, 0.2) is 40.7 Å². The summed E-state index contributed by atoms with van der Waals surface area (Å²) in [5, 5.41) is 15.4. The number of carbonyl (C=O) groups is 1. The number of nitrogens with one attached hydrogen (secondary N) is 1. The lowest BCUT2D eigenvalue weighted by atomic mass is 10.1. The molecule has 0 saturated heterocycles. The average Bonchev–Trinajstić information content (AvgIpc) is 3.31. The maximum Gasteiger partial charge on any atom is 0.234 e. The molecule has 0 radical (unpaired) electrons. The molecule has 8 heteroatoms. The molecular formula is C20H18N4OS3. The minimum atomic E-state index is -0.0683. The lowest BCUT2D eigenvalue weighted by Crippen LogP contribution is -2.15. The van der Waals surface area contributed by atoms with Gasteiger partial charge in [0.1, 0.15) is 16.2 Å². The molecule has 1 aromatic carbocycles. The van der Waals surface area contributed by atoms with Gasteiger partial charge < -0.3 is 5.32 Å². The van der Waals surface area contributed by atoms with E-state index >= 15 is 0 Å². The number of thioether (sulfide) groups is 1. The number of aromatic nitrogens is 3. The van der Waals surface area contributed by atoms with Crippen molar-refractivity contribution in [2.45, 2.75) is 25.8 Å². The number of carbonyl (C=O) groups excluding carboxylic acids is 1. The lowest BCUT2D eigenvalue weighted by molar-refractivity contribution is -0.113. The first-order valence-corrected chi connectivity index (χ1v) is 11.4. The number of rotatable bonds is 5. The second-order valence-electron chi connectivity index (χ2n) is 6.40. The van der Waals surface area contributed by atoms with E-state index < -0.39 is 0 Å². The Bertz CT molecular complexity index is 1150. The number of amides is 1. The summed E-state index contributed by atoms with van der Waals surface area (Å²) >= 11 is 4.61. The molecule has 0 bridgehead atoms. The first-order chi connectivity index (χ1) is 13.5. The highest BCUT2D eigenvalue weighted by Crippen LogP contribution is 2.36. The SMILES string of the molecule is Cc1ccc(NC(=O)CSc2nnc(-c3cccs3)c3sc(C)nc23)c(C)c1. The van der Waals surface area contributed by atoms with Crippen LogP contribution >= 0.6 is 34.4 Å². The summed E-state index contributed by atoms with van der Waals surface area (Å²) in [5.74, 6) is 0.188. The summed E-state index contributed by atoms with van der Waals surface area (Å²) in [6, 6.07) is 10.0. The zero-order chi connectivity index (χ0) is 19.7. The zero-order valence-electron chi connectivity index (χ0n) is 15.6. The molecule has 4 rings (SSSR count). The van der Waals surface area contributed by atoms with Gasteiger partial charge in [-0.2, -0.15) is 0 Å². The topological polar surface area (TPSA) is 67.8 Å². The van der Waals surface area contributed by atoms with E-state index in [2.05, 4.69) is 26.6 Å². The Balaban J connectivity index is 1.54. The van der Waals surface area contributed by atoms with Crippen molar-refractivity contribution < 1.29 is 4.79 Å². The standard InChI is InChI=1S/C20H18N4OS3/c1-11-6-7-14(12(2)9-11)22-16(25)10-27-20-18-19(28-13(3)21-18)17(23-24-20)15-5-4-8-26-15/h4-9H,10H2,1-3H3,(H,22,25). The highest BCUT2D eigenvalue weighted by Gasteiger charge is 2.17. The summed E-state index contributed by atoms with van der Waals surface area (Å²) in [5.41, 5.74) is 4.75. The third-order valence-corrected chi connectivity index (χ3v) is 6.95. The molecule has 0 saturated carbocycles. The van der Waals surface area contributed by atoms with Gasteiger partial charge in [-0.3, -0.25) is 4.79 Å². The summed E-state index contributed by atoms with van der Waals surface area (Å²) in [6.45, 7) is 6.00. The highest BCUT2D eigenvalue weighted by atomic mass is 32.2. The number of anilines is 1. The molecule has 1 amide bonds. The smallest absolute Gasteiger partial charge is 0.234 e. The Morgan fingerprint density at radius 3 is 2.79 bits per heavy atom. The Morgan fingerprint density at radius 1 is 1.18 bits per heavy atom. The van der Waals surface area contributed by atoms with Crippen LogP contribution in [-0.2, 0) is 4.79 Å². The number of hydrogen-bond donors (Lipinski definition) is 1. The van der Waals surface area contributed by atoms with Gasteiger partial charge in [0, 0.05) is 5.69 Å². The van der Waals surface area contributed by atoms with Crippen LogP contribution in [0.3, 0.4) is 0 Å². The van der Waals surface area contributed by atoms with Gasteiger partial charge in [0.25, 0.3) is 0 Å². The molecule has 142 valence electrons. The number of hydrogen-bond acceptors (Lipinski definition) is 7. The second kappa shape index (κ2) is 7.98. The van der Waals surface area contributed by atoms with E-state index in [1.807, 2.05) is 50.4 Å². The number of aryl methyl sites for hydroxylation is 3. The van der Waals surface area contributed by atoms with Gasteiger partial charge in [-0.25, -0.2) is 4.98 Å². The van der Waals surface area contributed by atoms with Gasteiger partial charge in [0.05, 0.1) is 20.3 Å². The van der Waals surface area contributed by atoms with Crippen LogP contribution in [-0.4, -0.2) is 26.8 Å². The molecule has 28 heavy (non-hydrogen) atoms. The predicted octanol–water partition coefficient (Wildman–Crippen LogP) is 5.47. The van der Waals surface area contributed by atoms with Gasteiger partial charge in [0.2, 0.25) is 5.91 Å². The average molecular weight is 427 g/mol. The number of fused-ring (bicyclic) bond motifs is 1. The molecule has 5 nitrogen and oxygen atoms in total. The summed E-state index contributed by atoms with van der Waals surface area (Å²) < 4.78 is 1.02. The van der Waals surface area contributed by atoms with Crippen molar-refractivity contribution >= 4 is 56.2 Å². The van der Waals surface area contributed by atoms with Gasteiger partial charge in [0.15, 0.2) is 0 Å². The molecule has 0 unspecified atom stereocenters. The number of thiophene rings is 1. The minimum absolute atomic E-state index is 0.0683. The molecule has 0 fully saturated rings. The Kier molecular flexibility index (Phi) is 5.43. The lowest BCUT2D eigenvalue weighted by Gasteiger charge is -2.09. The van der Waals surface area contributed by atoms with E-state index in [1.165, 1.54) is 17.3 Å². The Labute approximate surface area is 175 Å². The fourth-order valence-corrected chi connectivity index (χ4v) is 5.35. The first-order valence-electron chi connectivity index (χ1n) is 8.69. The van der Waals surface area contributed by atoms with Crippen LogP contribution in [0.2, 0.25) is 0 Å². The maximum absolute atomic E-state index is 12.4. The molecule has 3 heterocycles. The molecule has 0 atom stereocenters. The Hall–Kier alpha value is -2.29. The number of benzene rings is 1. The molecule has 0 spiro atoms. The second-order valence-corrected chi connectivity index (χ2v) is 9.51. The highest BCUT2D eigenvalue weighted by molar-refractivity contribution is 8.00. The van der Waals surface area contributed by atoms with Gasteiger partial charge >= 0.3 is 0 Å². The van der Waals surface area contributed by atoms with Crippen molar-refractivity contribution in [2.75, 3.05) is 11.1 Å². The molecule has 0 aliphatic heterocycles. The summed E-state index contributed by atoms with van der Waals surface area (Å²) in [7, 11) is 0. The molecular weight excluding hydrogens is 408 g/mol. The van der Waals surface area contributed by atoms with Crippen molar-refractivity contribution in [3.8, 4) is 10.6 Å². The molecule has 0 aliphatic carbocycles. The predicted molar refractivity (Wildman–Crippen MR) is 119 cm³/mol. The van der Waals surface area contributed by atoms with Crippen molar-refractivity contribution in [1.29, 1.82) is 0 Å². The van der Waals surface area contributed by atoms with E-state index in [0.29, 0.717) is 5.03 Å². The van der Waals surface area contributed by atoms with Gasteiger partial charge in [-0.05, 0) is 43.8 Å². The first kappa shape index (κ1) is 19.0. The largest absolute Gasteiger partial charge is 0.325 e. The van der Waals surface area contributed by atoms with E-state index in [-0.39, 0.29) is 11.7 Å². The molecule has 1 N–H and O–H groups in total. The number of nitrogens with zero attached hydrogens (tertiary/aromatic N) is 3. The van der Waals surface area contributed by atoms with Crippen LogP contribution in [0.4, 0.5) is 5.69 Å². The van der Waals surface area contributed by atoms with Crippen molar-refractivity contribution in [2.24, 2.45) is 0 Å². The fraction of sp³-hybridized carbons (Fsp3) is 0.200. The van der Waals surface area contributed by atoms with Crippen LogP contribution in [0.1, 0.15) is 16.1 Å². The minimum Gasteiger partial charge on any atom is -0.325 e. The van der Waals surface area contributed by atoms with E-state index in [9.17, 15) is 4.79 Å². The molecule has 0 aliphatic rings. The van der Waals surface area contributed by atoms with Crippen LogP contribution in [0.25, 0.3) is 20.8 Å². The van der Waals surface area contributed by atoms with E-state index in [1.54, 1.807) is 22.7 Å². The summed E-state index contributed by atoms with van der Waals surface area (Å²) in [4.78, 5) is 18.1. The molecule has 4 aromatic rings. The quantitative estimate of drug-likeness (QED) is 0.429. The van der Waals surface area contributed by atoms with Crippen molar-refractivity contribution in [3.63, 3.8) is 0 Å².